The molecule has 2 rings (SSSR count). The molecule has 3 N–H and O–H groups in total. The molecule has 98 valence electrons. The molecular formula is C12H12N4O3. The molecule has 0 spiro atoms. The van der Waals surface area contributed by atoms with Crippen molar-refractivity contribution in [1.29, 1.82) is 0 Å². The molecule has 0 aromatic carbocycles. The lowest BCUT2D eigenvalue weighted by molar-refractivity contribution is 0.0685. The van der Waals surface area contributed by atoms with E-state index in [9.17, 15) is 9.59 Å². The summed E-state index contributed by atoms with van der Waals surface area (Å²) in [7, 11) is 0. The zero-order chi connectivity index (χ0) is 13.8. The van der Waals surface area contributed by atoms with Crippen LogP contribution < -0.4 is 5.32 Å². The normalized spacial score (nSPS) is 10.2. The topological polar surface area (TPSA) is 108 Å². The minimum atomic E-state index is -1.22. The maximum absolute atomic E-state index is 11.8. The minimum absolute atomic E-state index is 0.126. The van der Waals surface area contributed by atoms with Gasteiger partial charge in [-0.3, -0.25) is 9.78 Å². The van der Waals surface area contributed by atoms with Gasteiger partial charge in [-0.1, -0.05) is 0 Å². The number of aromatic carboxylic acids is 1. The summed E-state index contributed by atoms with van der Waals surface area (Å²) in [6, 6.07) is 1.79. The third kappa shape index (κ3) is 2.76. The van der Waals surface area contributed by atoms with Crippen molar-refractivity contribution in [3.05, 3.63) is 47.3 Å². The van der Waals surface area contributed by atoms with Crippen LogP contribution in [-0.2, 0) is 6.54 Å². The number of rotatable bonds is 4. The molecule has 19 heavy (non-hydrogen) atoms. The van der Waals surface area contributed by atoms with Crippen LogP contribution in [-0.4, -0.2) is 31.9 Å². The predicted octanol–water partition coefficient (Wildman–Crippen LogP) is 0.741. The smallest absolute Gasteiger partial charge is 0.354 e. The second-order valence-electron chi connectivity index (χ2n) is 3.92. The number of pyridine rings is 1. The van der Waals surface area contributed by atoms with Crippen LogP contribution in [0.3, 0.4) is 0 Å². The van der Waals surface area contributed by atoms with Crippen molar-refractivity contribution in [1.82, 2.24) is 20.3 Å². The van der Waals surface area contributed by atoms with Gasteiger partial charge in [0.15, 0.2) is 11.4 Å². The van der Waals surface area contributed by atoms with E-state index in [1.54, 1.807) is 18.5 Å². The van der Waals surface area contributed by atoms with E-state index in [-0.39, 0.29) is 11.4 Å². The molecule has 0 aliphatic heterocycles. The van der Waals surface area contributed by atoms with Gasteiger partial charge in [-0.15, -0.1) is 0 Å². The SMILES string of the molecule is Cc1cnccc1CNC(=O)c1nc[nH]c1C(=O)O. The molecule has 0 saturated heterocycles. The Hall–Kier alpha value is -2.70. The van der Waals surface area contributed by atoms with Gasteiger partial charge in [0.25, 0.3) is 5.91 Å². The van der Waals surface area contributed by atoms with Crippen LogP contribution in [0.15, 0.2) is 24.8 Å². The molecule has 2 heterocycles. The summed E-state index contributed by atoms with van der Waals surface area (Å²) in [5, 5.41) is 11.5. The molecule has 0 atom stereocenters. The second-order valence-corrected chi connectivity index (χ2v) is 3.92. The largest absolute Gasteiger partial charge is 0.477 e. The van der Waals surface area contributed by atoms with Crippen LogP contribution in [0, 0.1) is 6.92 Å². The van der Waals surface area contributed by atoms with E-state index in [4.69, 9.17) is 5.11 Å². The van der Waals surface area contributed by atoms with Crippen molar-refractivity contribution in [2.75, 3.05) is 0 Å². The summed E-state index contributed by atoms with van der Waals surface area (Å²) in [5.41, 5.74) is 1.52. The van der Waals surface area contributed by atoms with Gasteiger partial charge in [0, 0.05) is 18.9 Å². The van der Waals surface area contributed by atoms with E-state index in [2.05, 4.69) is 20.3 Å². The first kappa shape index (κ1) is 12.7. The zero-order valence-corrected chi connectivity index (χ0v) is 10.2. The Labute approximate surface area is 108 Å². The average Bonchev–Trinajstić information content (AvgIpc) is 2.87. The summed E-state index contributed by atoms with van der Waals surface area (Å²) >= 11 is 0. The van der Waals surface area contributed by atoms with Gasteiger partial charge in [0.05, 0.1) is 6.33 Å². The fourth-order valence-electron chi connectivity index (χ4n) is 1.59. The fraction of sp³-hybridized carbons (Fsp3) is 0.167. The van der Waals surface area contributed by atoms with E-state index < -0.39 is 11.9 Å². The first-order chi connectivity index (χ1) is 9.09. The van der Waals surface area contributed by atoms with Crippen LogP contribution >= 0.6 is 0 Å². The number of hydrogen-bond donors (Lipinski definition) is 3. The van der Waals surface area contributed by atoms with Crippen LogP contribution in [0.4, 0.5) is 0 Å². The highest BCUT2D eigenvalue weighted by Gasteiger charge is 2.19. The number of aryl methyl sites for hydroxylation is 1. The maximum atomic E-state index is 11.8. The van der Waals surface area contributed by atoms with Crippen molar-refractivity contribution in [2.45, 2.75) is 13.5 Å². The molecule has 0 unspecified atom stereocenters. The van der Waals surface area contributed by atoms with E-state index in [0.717, 1.165) is 11.1 Å². The van der Waals surface area contributed by atoms with Gasteiger partial charge in [0.2, 0.25) is 0 Å². The number of carboxylic acid groups (broad SMARTS) is 1. The highest BCUT2D eigenvalue weighted by Crippen LogP contribution is 2.06. The third-order valence-electron chi connectivity index (χ3n) is 2.64. The Morgan fingerprint density at radius 1 is 1.47 bits per heavy atom. The van der Waals surface area contributed by atoms with Crippen molar-refractivity contribution >= 4 is 11.9 Å². The minimum Gasteiger partial charge on any atom is -0.477 e. The summed E-state index contributed by atoms with van der Waals surface area (Å²) in [6.45, 7) is 2.17. The predicted molar refractivity (Wildman–Crippen MR) is 65.7 cm³/mol. The van der Waals surface area contributed by atoms with Crippen molar-refractivity contribution in [2.24, 2.45) is 0 Å². The van der Waals surface area contributed by atoms with Crippen LogP contribution in [0.2, 0.25) is 0 Å². The molecule has 0 aliphatic rings. The van der Waals surface area contributed by atoms with Gasteiger partial charge < -0.3 is 15.4 Å². The Balaban J connectivity index is 2.08. The number of aromatic nitrogens is 3. The molecule has 0 aliphatic carbocycles. The first-order valence-electron chi connectivity index (χ1n) is 5.54. The van der Waals surface area contributed by atoms with Crippen LogP contribution in [0.5, 0.6) is 0 Å². The van der Waals surface area contributed by atoms with Crippen molar-refractivity contribution in [3.63, 3.8) is 0 Å². The standard InChI is InChI=1S/C12H12N4O3/c1-7-4-13-3-2-8(7)5-14-11(17)9-10(12(18)19)16-6-15-9/h2-4,6H,5H2,1H3,(H,14,17)(H,15,16)(H,18,19). The quantitative estimate of drug-likeness (QED) is 0.751. The number of carbonyl (C=O) groups is 2. The molecule has 2 aromatic heterocycles. The summed E-state index contributed by atoms with van der Waals surface area (Å²) in [4.78, 5) is 32.8. The molecule has 0 fully saturated rings. The zero-order valence-electron chi connectivity index (χ0n) is 10.2. The summed E-state index contributed by atoms with van der Waals surface area (Å²) in [6.07, 6.45) is 4.50. The molecule has 0 radical (unpaired) electrons. The number of nitrogens with one attached hydrogen (secondary N) is 2. The molecule has 0 saturated carbocycles. The Morgan fingerprint density at radius 3 is 2.95 bits per heavy atom. The average molecular weight is 260 g/mol. The van der Waals surface area contributed by atoms with Gasteiger partial charge in [-0.05, 0) is 24.1 Å². The number of imidazole rings is 1. The van der Waals surface area contributed by atoms with Crippen LogP contribution in [0.1, 0.15) is 32.1 Å². The Bertz CT molecular complexity index is 621. The molecular weight excluding hydrogens is 248 g/mol. The van der Waals surface area contributed by atoms with Gasteiger partial charge >= 0.3 is 5.97 Å². The number of hydrogen-bond acceptors (Lipinski definition) is 4. The highest BCUT2D eigenvalue weighted by atomic mass is 16.4. The van der Waals surface area contributed by atoms with E-state index in [1.807, 2.05) is 6.92 Å². The molecule has 7 heteroatoms. The van der Waals surface area contributed by atoms with Crippen LogP contribution in [0.25, 0.3) is 0 Å². The number of H-pyrrole nitrogens is 1. The lowest BCUT2D eigenvalue weighted by Crippen LogP contribution is -2.25. The lowest BCUT2D eigenvalue weighted by atomic mass is 10.1. The summed E-state index contributed by atoms with van der Waals surface area (Å²) < 4.78 is 0. The monoisotopic (exact) mass is 260 g/mol. The Kier molecular flexibility index (Phi) is 3.56. The number of carboxylic acids is 1. The van der Waals surface area contributed by atoms with E-state index >= 15 is 0 Å². The number of amides is 1. The van der Waals surface area contributed by atoms with Gasteiger partial charge in [0.1, 0.15) is 0 Å². The van der Waals surface area contributed by atoms with E-state index in [1.165, 1.54) is 6.33 Å². The second kappa shape index (κ2) is 5.30. The molecule has 1 amide bonds. The van der Waals surface area contributed by atoms with E-state index in [0.29, 0.717) is 6.54 Å². The number of aromatic amines is 1. The molecule has 7 nitrogen and oxygen atoms in total. The lowest BCUT2D eigenvalue weighted by Gasteiger charge is -2.06. The van der Waals surface area contributed by atoms with Gasteiger partial charge in [-0.2, -0.15) is 0 Å². The van der Waals surface area contributed by atoms with Crippen molar-refractivity contribution in [3.8, 4) is 0 Å². The molecule has 2 aromatic rings. The first-order valence-corrected chi connectivity index (χ1v) is 5.54. The Morgan fingerprint density at radius 2 is 2.26 bits per heavy atom. The molecule has 0 bridgehead atoms. The summed E-state index contributed by atoms with van der Waals surface area (Å²) in [5.74, 6) is -1.75. The highest BCUT2D eigenvalue weighted by molar-refractivity contribution is 6.02. The maximum Gasteiger partial charge on any atom is 0.354 e. The number of nitrogens with zero attached hydrogens (tertiary/aromatic N) is 2. The number of carbonyl (C=O) groups excluding carboxylic acids is 1. The van der Waals surface area contributed by atoms with Gasteiger partial charge in [-0.25, -0.2) is 9.78 Å². The third-order valence-corrected chi connectivity index (χ3v) is 2.64. The fourth-order valence-corrected chi connectivity index (χ4v) is 1.59. The van der Waals surface area contributed by atoms with Crippen molar-refractivity contribution < 1.29 is 14.7 Å².